The molecule has 2 aromatic heterocycles. The number of carbonyl (C=O) groups is 2. The molecule has 1 N–H and O–H groups in total. The van der Waals surface area contributed by atoms with Gasteiger partial charge in [-0.15, -0.1) is 0 Å². The van der Waals surface area contributed by atoms with Crippen molar-refractivity contribution in [1.82, 2.24) is 14.9 Å². The van der Waals surface area contributed by atoms with E-state index in [4.69, 9.17) is 0 Å². The highest BCUT2D eigenvalue weighted by Crippen LogP contribution is 2.42. The number of ketones is 2. The molecule has 1 aliphatic heterocycles. The van der Waals surface area contributed by atoms with Crippen molar-refractivity contribution in [3.63, 3.8) is 0 Å². The maximum atomic E-state index is 14.6. The number of aliphatic hydroxyl groups is 1. The van der Waals surface area contributed by atoms with Crippen LogP contribution in [0.15, 0.2) is 67.3 Å². The van der Waals surface area contributed by atoms with Crippen molar-refractivity contribution in [3.8, 4) is 0 Å². The zero-order valence-electron chi connectivity index (χ0n) is 18.4. The standard InChI is InChI=1S/C26H26FN3O3/c1-17-20(7-2-8-23(17)27)24-21(25(32)18-5-3-9-28-13-18)15-30(11-12-31)16-22(24)26(33)19-6-4-10-29-14-19/h2-10,13-14,21-22,24,31H,11-12,15-16H2,1H3/t21-,22+,24?. The number of pyridine rings is 2. The molecule has 4 rings (SSSR count). The Morgan fingerprint density at radius 1 is 0.970 bits per heavy atom. The van der Waals surface area contributed by atoms with Crippen molar-refractivity contribution in [2.24, 2.45) is 11.8 Å². The normalized spacial score (nSPS) is 21.0. The molecule has 3 heterocycles. The summed E-state index contributed by atoms with van der Waals surface area (Å²) in [4.78, 5) is 37.5. The first-order valence-corrected chi connectivity index (χ1v) is 11.0. The summed E-state index contributed by atoms with van der Waals surface area (Å²) in [5.74, 6) is -2.42. The number of carbonyl (C=O) groups excluding carboxylic acids is 2. The van der Waals surface area contributed by atoms with Crippen molar-refractivity contribution >= 4 is 11.6 Å². The van der Waals surface area contributed by atoms with Crippen molar-refractivity contribution in [1.29, 1.82) is 0 Å². The monoisotopic (exact) mass is 447 g/mol. The van der Waals surface area contributed by atoms with Crippen LogP contribution in [0.5, 0.6) is 0 Å². The lowest BCUT2D eigenvalue weighted by molar-refractivity contribution is 0.0528. The lowest BCUT2D eigenvalue weighted by Gasteiger charge is -2.43. The Morgan fingerprint density at radius 3 is 2.03 bits per heavy atom. The number of β-amino-alcohol motifs (C(OH)–C–C–N with tert-alkyl or cyclic N) is 1. The first kappa shape index (κ1) is 22.9. The van der Waals surface area contributed by atoms with Gasteiger partial charge in [0.1, 0.15) is 5.82 Å². The number of aromatic nitrogens is 2. The molecular formula is C26H26FN3O3. The molecule has 0 saturated carbocycles. The second-order valence-electron chi connectivity index (χ2n) is 8.39. The third-order valence-corrected chi connectivity index (χ3v) is 6.43. The second kappa shape index (κ2) is 10.1. The SMILES string of the molecule is Cc1c(F)cccc1C1[C@@H](C(=O)c2cccnc2)CN(CCO)C[C@H]1C(=O)c1cccnc1. The van der Waals surface area contributed by atoms with E-state index in [2.05, 4.69) is 9.97 Å². The molecule has 1 aliphatic rings. The van der Waals surface area contributed by atoms with Gasteiger partial charge >= 0.3 is 0 Å². The maximum absolute atomic E-state index is 14.6. The van der Waals surface area contributed by atoms with Gasteiger partial charge in [-0.2, -0.15) is 0 Å². The van der Waals surface area contributed by atoms with E-state index < -0.39 is 17.8 Å². The number of nitrogens with zero attached hydrogens (tertiary/aromatic N) is 3. The van der Waals surface area contributed by atoms with Crippen LogP contribution in [0.3, 0.4) is 0 Å². The van der Waals surface area contributed by atoms with E-state index in [1.807, 2.05) is 4.90 Å². The zero-order chi connectivity index (χ0) is 23.4. The van der Waals surface area contributed by atoms with E-state index >= 15 is 0 Å². The van der Waals surface area contributed by atoms with Crippen LogP contribution in [-0.4, -0.2) is 57.8 Å². The predicted octanol–water partition coefficient (Wildman–Crippen LogP) is 3.31. The predicted molar refractivity (Wildman–Crippen MR) is 122 cm³/mol. The van der Waals surface area contributed by atoms with E-state index in [0.29, 0.717) is 41.9 Å². The van der Waals surface area contributed by atoms with E-state index in [1.165, 1.54) is 18.5 Å². The first-order valence-electron chi connectivity index (χ1n) is 11.0. The van der Waals surface area contributed by atoms with E-state index in [0.717, 1.165) is 0 Å². The van der Waals surface area contributed by atoms with Gasteiger partial charge in [0.25, 0.3) is 0 Å². The molecule has 170 valence electrons. The number of Topliss-reactive ketones (excluding diaryl/α,β-unsaturated/α-hetero) is 2. The van der Waals surface area contributed by atoms with Crippen molar-refractivity contribution in [3.05, 3.63) is 95.3 Å². The molecule has 0 spiro atoms. The number of hydrogen-bond acceptors (Lipinski definition) is 6. The number of halogens is 1. The summed E-state index contributed by atoms with van der Waals surface area (Å²) in [5.41, 5.74) is 1.98. The van der Waals surface area contributed by atoms with Gasteiger partial charge in [-0.25, -0.2) is 4.39 Å². The summed E-state index contributed by atoms with van der Waals surface area (Å²) in [5, 5.41) is 9.58. The molecule has 1 saturated heterocycles. The third kappa shape index (κ3) is 4.74. The molecule has 0 aliphatic carbocycles. The van der Waals surface area contributed by atoms with Crippen LogP contribution in [0.4, 0.5) is 4.39 Å². The van der Waals surface area contributed by atoms with Gasteiger partial charge in [0.2, 0.25) is 0 Å². The number of likely N-dealkylation sites (tertiary alicyclic amines) is 1. The van der Waals surface area contributed by atoms with Gasteiger partial charge in [0, 0.05) is 73.3 Å². The fraction of sp³-hybridized carbons (Fsp3) is 0.308. The highest BCUT2D eigenvalue weighted by atomic mass is 19.1. The molecule has 1 aromatic carbocycles. The summed E-state index contributed by atoms with van der Waals surface area (Å²) in [6.45, 7) is 2.63. The van der Waals surface area contributed by atoms with Gasteiger partial charge < -0.3 is 5.11 Å². The molecular weight excluding hydrogens is 421 g/mol. The topological polar surface area (TPSA) is 83.4 Å². The summed E-state index contributed by atoms with van der Waals surface area (Å²) in [7, 11) is 0. The summed E-state index contributed by atoms with van der Waals surface area (Å²) in [6.07, 6.45) is 6.22. The summed E-state index contributed by atoms with van der Waals surface area (Å²) < 4.78 is 14.6. The van der Waals surface area contributed by atoms with Crippen LogP contribution in [0.2, 0.25) is 0 Å². The Bertz CT molecular complexity index is 1060. The van der Waals surface area contributed by atoms with Crippen LogP contribution in [0, 0.1) is 24.6 Å². The van der Waals surface area contributed by atoms with Crippen LogP contribution in [0.1, 0.15) is 37.8 Å². The Morgan fingerprint density at radius 2 is 1.55 bits per heavy atom. The molecule has 7 heteroatoms. The Labute approximate surface area is 192 Å². The lowest BCUT2D eigenvalue weighted by Crippen LogP contribution is -2.51. The van der Waals surface area contributed by atoms with E-state index in [1.54, 1.807) is 55.7 Å². The third-order valence-electron chi connectivity index (χ3n) is 6.43. The number of benzene rings is 1. The van der Waals surface area contributed by atoms with E-state index in [9.17, 15) is 19.1 Å². The molecule has 1 unspecified atom stereocenters. The molecule has 0 radical (unpaired) electrons. The number of rotatable bonds is 7. The molecule has 6 nitrogen and oxygen atoms in total. The first-order chi connectivity index (χ1) is 16.0. The van der Waals surface area contributed by atoms with Crippen molar-refractivity contribution < 1.29 is 19.1 Å². The second-order valence-corrected chi connectivity index (χ2v) is 8.39. The van der Waals surface area contributed by atoms with Gasteiger partial charge in [0.05, 0.1) is 6.61 Å². The highest BCUT2D eigenvalue weighted by Gasteiger charge is 2.45. The minimum atomic E-state index is -0.611. The fourth-order valence-corrected chi connectivity index (χ4v) is 4.82. The smallest absolute Gasteiger partial charge is 0.169 e. The average Bonchev–Trinajstić information content (AvgIpc) is 2.86. The van der Waals surface area contributed by atoms with Gasteiger partial charge in [-0.05, 0) is 48.4 Å². The molecule has 0 bridgehead atoms. The molecule has 3 aromatic rings. The Hall–Kier alpha value is -3.29. The van der Waals surface area contributed by atoms with Gasteiger partial charge in [-0.1, -0.05) is 12.1 Å². The largest absolute Gasteiger partial charge is 0.395 e. The minimum absolute atomic E-state index is 0.0920. The Balaban J connectivity index is 1.85. The number of hydrogen-bond donors (Lipinski definition) is 1. The highest BCUT2D eigenvalue weighted by molar-refractivity contribution is 6.02. The van der Waals surface area contributed by atoms with Crippen LogP contribution < -0.4 is 0 Å². The number of aliphatic hydroxyl groups excluding tert-OH is 1. The maximum Gasteiger partial charge on any atom is 0.169 e. The van der Waals surface area contributed by atoms with Crippen molar-refractivity contribution in [2.75, 3.05) is 26.2 Å². The lowest BCUT2D eigenvalue weighted by atomic mass is 9.68. The van der Waals surface area contributed by atoms with Crippen LogP contribution in [0.25, 0.3) is 0 Å². The fourth-order valence-electron chi connectivity index (χ4n) is 4.82. The molecule has 0 amide bonds. The van der Waals surface area contributed by atoms with Crippen molar-refractivity contribution in [2.45, 2.75) is 12.8 Å². The quantitative estimate of drug-likeness (QED) is 0.560. The number of piperidine rings is 1. The Kier molecular flexibility index (Phi) is 7.01. The summed E-state index contributed by atoms with van der Waals surface area (Å²) in [6, 6.07) is 11.6. The van der Waals surface area contributed by atoms with Gasteiger partial charge in [0.15, 0.2) is 11.6 Å². The van der Waals surface area contributed by atoms with E-state index in [-0.39, 0.29) is 24.0 Å². The molecule has 1 fully saturated rings. The van der Waals surface area contributed by atoms with Crippen LogP contribution in [-0.2, 0) is 0 Å². The molecule has 3 atom stereocenters. The van der Waals surface area contributed by atoms with Gasteiger partial charge in [-0.3, -0.25) is 24.5 Å². The average molecular weight is 448 g/mol. The summed E-state index contributed by atoms with van der Waals surface area (Å²) >= 11 is 0. The zero-order valence-corrected chi connectivity index (χ0v) is 18.4. The molecule has 33 heavy (non-hydrogen) atoms. The van der Waals surface area contributed by atoms with Crippen LogP contribution >= 0.6 is 0 Å². The minimum Gasteiger partial charge on any atom is -0.395 e.